The van der Waals surface area contributed by atoms with Crippen molar-refractivity contribution >= 4 is 5.96 Å². The predicted molar refractivity (Wildman–Crippen MR) is 114 cm³/mol. The van der Waals surface area contributed by atoms with Crippen LogP contribution in [0.15, 0.2) is 70.3 Å². The molecule has 2 N–H and O–H groups in total. The number of hydrogen-bond acceptors (Lipinski definition) is 3. The average Bonchev–Trinajstić information content (AvgIpc) is 3.18. The number of rotatable bonds is 7. The fourth-order valence-corrected chi connectivity index (χ4v) is 2.88. The van der Waals surface area contributed by atoms with Gasteiger partial charge in [-0.15, -0.1) is 0 Å². The summed E-state index contributed by atoms with van der Waals surface area (Å²) in [5, 5.41) is 6.75. The molecule has 0 fully saturated rings. The second kappa shape index (κ2) is 9.74. The van der Waals surface area contributed by atoms with E-state index >= 15 is 0 Å². The van der Waals surface area contributed by atoms with E-state index in [4.69, 9.17) is 4.42 Å². The van der Waals surface area contributed by atoms with Gasteiger partial charge in [0.25, 0.3) is 0 Å². The molecule has 0 aliphatic heterocycles. The smallest absolute Gasteiger partial charge is 0.226 e. The van der Waals surface area contributed by atoms with Gasteiger partial charge in [0.1, 0.15) is 6.26 Å². The van der Waals surface area contributed by atoms with Crippen LogP contribution in [0.25, 0.3) is 11.5 Å². The van der Waals surface area contributed by atoms with Crippen LogP contribution in [0.2, 0.25) is 0 Å². The molecular formula is C23H28N4O. The van der Waals surface area contributed by atoms with Crippen LogP contribution >= 0.6 is 0 Å². The van der Waals surface area contributed by atoms with Crippen molar-refractivity contribution in [3.8, 4) is 11.5 Å². The fourth-order valence-electron chi connectivity index (χ4n) is 2.88. The number of hydrogen-bond donors (Lipinski definition) is 2. The van der Waals surface area contributed by atoms with Gasteiger partial charge in [0.15, 0.2) is 5.96 Å². The Morgan fingerprint density at radius 1 is 1.11 bits per heavy atom. The SMILES string of the molecule is CCNC(=NCCc1coc(-c2ccc(C)cc2)n1)NC(C)c1ccccc1. The van der Waals surface area contributed by atoms with E-state index in [2.05, 4.69) is 65.6 Å². The zero-order chi connectivity index (χ0) is 19.8. The maximum atomic E-state index is 5.63. The Labute approximate surface area is 166 Å². The van der Waals surface area contributed by atoms with E-state index in [1.807, 2.05) is 30.3 Å². The number of benzene rings is 2. The molecule has 28 heavy (non-hydrogen) atoms. The predicted octanol–water partition coefficient (Wildman–Crippen LogP) is 4.51. The molecule has 146 valence electrons. The van der Waals surface area contributed by atoms with Gasteiger partial charge in [-0.05, 0) is 38.5 Å². The monoisotopic (exact) mass is 376 g/mol. The number of guanidine groups is 1. The quantitative estimate of drug-likeness (QED) is 0.470. The zero-order valence-electron chi connectivity index (χ0n) is 16.8. The van der Waals surface area contributed by atoms with Crippen molar-refractivity contribution in [3.05, 3.63) is 77.7 Å². The molecule has 0 radical (unpaired) electrons. The lowest BCUT2D eigenvalue weighted by Gasteiger charge is -2.18. The highest BCUT2D eigenvalue weighted by molar-refractivity contribution is 5.80. The first kappa shape index (κ1) is 19.7. The minimum absolute atomic E-state index is 0.180. The third-order valence-corrected chi connectivity index (χ3v) is 4.49. The molecule has 0 saturated heterocycles. The molecule has 1 atom stereocenters. The molecule has 0 aliphatic rings. The van der Waals surface area contributed by atoms with Crippen molar-refractivity contribution < 1.29 is 4.42 Å². The van der Waals surface area contributed by atoms with E-state index in [9.17, 15) is 0 Å². The van der Waals surface area contributed by atoms with E-state index in [0.717, 1.165) is 30.2 Å². The fraction of sp³-hybridized carbons (Fsp3) is 0.304. The van der Waals surface area contributed by atoms with Gasteiger partial charge in [0.2, 0.25) is 5.89 Å². The van der Waals surface area contributed by atoms with Crippen molar-refractivity contribution in [1.82, 2.24) is 15.6 Å². The molecule has 1 heterocycles. The summed E-state index contributed by atoms with van der Waals surface area (Å²) < 4.78 is 5.63. The van der Waals surface area contributed by atoms with Crippen molar-refractivity contribution in [2.45, 2.75) is 33.2 Å². The van der Waals surface area contributed by atoms with Gasteiger partial charge in [0.05, 0.1) is 11.7 Å². The summed E-state index contributed by atoms with van der Waals surface area (Å²) in [6.45, 7) is 7.71. The van der Waals surface area contributed by atoms with Crippen molar-refractivity contribution in [1.29, 1.82) is 0 Å². The summed E-state index contributed by atoms with van der Waals surface area (Å²) in [4.78, 5) is 9.27. The summed E-state index contributed by atoms with van der Waals surface area (Å²) in [6.07, 6.45) is 2.45. The number of aliphatic imine (C=N–C) groups is 1. The molecular weight excluding hydrogens is 348 g/mol. The molecule has 0 bridgehead atoms. The van der Waals surface area contributed by atoms with Gasteiger partial charge in [-0.2, -0.15) is 0 Å². The van der Waals surface area contributed by atoms with E-state index < -0.39 is 0 Å². The third-order valence-electron chi connectivity index (χ3n) is 4.49. The van der Waals surface area contributed by atoms with Gasteiger partial charge < -0.3 is 15.1 Å². The Morgan fingerprint density at radius 2 is 1.86 bits per heavy atom. The molecule has 0 spiro atoms. The first-order chi connectivity index (χ1) is 13.7. The normalized spacial score (nSPS) is 12.6. The highest BCUT2D eigenvalue weighted by Crippen LogP contribution is 2.19. The highest BCUT2D eigenvalue weighted by Gasteiger charge is 2.08. The van der Waals surface area contributed by atoms with Crippen LogP contribution in [0.3, 0.4) is 0 Å². The summed E-state index contributed by atoms with van der Waals surface area (Å²) in [7, 11) is 0. The standard InChI is InChI=1S/C23H28N4O/c1-4-24-23(26-18(3)19-8-6-5-7-9-19)25-15-14-21-16-28-22(27-21)20-12-10-17(2)11-13-20/h5-13,16,18H,4,14-15H2,1-3H3,(H2,24,25,26). The molecule has 5 nitrogen and oxygen atoms in total. The number of nitrogens with one attached hydrogen (secondary N) is 2. The second-order valence-corrected chi connectivity index (χ2v) is 6.80. The minimum Gasteiger partial charge on any atom is -0.444 e. The molecule has 5 heteroatoms. The first-order valence-corrected chi connectivity index (χ1v) is 9.77. The Bertz CT molecular complexity index is 884. The largest absolute Gasteiger partial charge is 0.444 e. The molecule has 3 aromatic rings. The molecule has 3 rings (SSSR count). The first-order valence-electron chi connectivity index (χ1n) is 9.77. The Morgan fingerprint density at radius 3 is 2.57 bits per heavy atom. The van der Waals surface area contributed by atoms with Crippen LogP contribution in [-0.2, 0) is 6.42 Å². The topological polar surface area (TPSA) is 62.5 Å². The van der Waals surface area contributed by atoms with E-state index in [-0.39, 0.29) is 6.04 Å². The lowest BCUT2D eigenvalue weighted by molar-refractivity contribution is 0.572. The van der Waals surface area contributed by atoms with Gasteiger partial charge in [-0.25, -0.2) is 4.98 Å². The van der Waals surface area contributed by atoms with Crippen molar-refractivity contribution in [2.75, 3.05) is 13.1 Å². The molecule has 1 aromatic heterocycles. The van der Waals surface area contributed by atoms with Gasteiger partial charge in [0, 0.05) is 25.1 Å². The molecule has 2 aromatic carbocycles. The number of nitrogens with zero attached hydrogens (tertiary/aromatic N) is 2. The summed E-state index contributed by atoms with van der Waals surface area (Å²) in [6, 6.07) is 18.7. The van der Waals surface area contributed by atoms with Crippen molar-refractivity contribution in [3.63, 3.8) is 0 Å². The van der Waals surface area contributed by atoms with E-state index in [1.54, 1.807) is 6.26 Å². The molecule has 0 amide bonds. The lowest BCUT2D eigenvalue weighted by Crippen LogP contribution is -2.38. The highest BCUT2D eigenvalue weighted by atomic mass is 16.3. The number of aryl methyl sites for hydroxylation is 1. The maximum Gasteiger partial charge on any atom is 0.226 e. The Hall–Kier alpha value is -3.08. The van der Waals surface area contributed by atoms with Gasteiger partial charge in [-0.1, -0.05) is 48.0 Å². The second-order valence-electron chi connectivity index (χ2n) is 6.80. The van der Waals surface area contributed by atoms with Gasteiger partial charge in [-0.3, -0.25) is 4.99 Å². The number of oxazole rings is 1. The Balaban J connectivity index is 1.58. The third kappa shape index (κ3) is 5.46. The van der Waals surface area contributed by atoms with Crippen LogP contribution in [0.1, 0.15) is 36.7 Å². The van der Waals surface area contributed by atoms with Crippen LogP contribution in [0, 0.1) is 6.92 Å². The summed E-state index contributed by atoms with van der Waals surface area (Å²) in [5.41, 5.74) is 4.35. The van der Waals surface area contributed by atoms with Crippen LogP contribution < -0.4 is 10.6 Å². The maximum absolute atomic E-state index is 5.63. The lowest BCUT2D eigenvalue weighted by atomic mass is 10.1. The molecule has 1 unspecified atom stereocenters. The molecule has 0 saturated carbocycles. The van der Waals surface area contributed by atoms with Crippen LogP contribution in [-0.4, -0.2) is 24.0 Å². The number of aromatic nitrogens is 1. The minimum atomic E-state index is 0.180. The average molecular weight is 377 g/mol. The van der Waals surface area contributed by atoms with E-state index in [0.29, 0.717) is 12.4 Å². The zero-order valence-corrected chi connectivity index (χ0v) is 16.8. The van der Waals surface area contributed by atoms with Crippen LogP contribution in [0.5, 0.6) is 0 Å². The van der Waals surface area contributed by atoms with Crippen LogP contribution in [0.4, 0.5) is 0 Å². The Kier molecular flexibility index (Phi) is 6.84. The van der Waals surface area contributed by atoms with E-state index in [1.165, 1.54) is 11.1 Å². The van der Waals surface area contributed by atoms with Crippen molar-refractivity contribution in [2.24, 2.45) is 4.99 Å². The molecule has 0 aliphatic carbocycles. The summed E-state index contributed by atoms with van der Waals surface area (Å²) in [5.74, 6) is 1.46. The van der Waals surface area contributed by atoms with Gasteiger partial charge >= 0.3 is 0 Å². The summed E-state index contributed by atoms with van der Waals surface area (Å²) >= 11 is 0.